The summed E-state index contributed by atoms with van der Waals surface area (Å²) >= 11 is 3.51. The molecule has 1 nitrogen and oxygen atoms in total. The van der Waals surface area contributed by atoms with Gasteiger partial charge < -0.3 is 5.32 Å². The summed E-state index contributed by atoms with van der Waals surface area (Å²) in [5, 5.41) is 3.52. The highest BCUT2D eigenvalue weighted by Crippen LogP contribution is 2.29. The van der Waals surface area contributed by atoms with Gasteiger partial charge in [-0.3, -0.25) is 0 Å². The molecule has 1 aliphatic rings. The third-order valence-electron chi connectivity index (χ3n) is 2.70. The van der Waals surface area contributed by atoms with Gasteiger partial charge in [-0.15, -0.1) is 12.4 Å². The van der Waals surface area contributed by atoms with Crippen LogP contribution in [0.4, 0.5) is 0 Å². The van der Waals surface area contributed by atoms with Crippen molar-refractivity contribution in [2.24, 2.45) is 0 Å². The first kappa shape index (κ1) is 12.0. The average molecular weight is 277 g/mol. The highest BCUT2D eigenvalue weighted by molar-refractivity contribution is 9.10. The van der Waals surface area contributed by atoms with Gasteiger partial charge in [0.2, 0.25) is 0 Å². The van der Waals surface area contributed by atoms with Gasteiger partial charge in [0, 0.05) is 10.0 Å². The molecule has 0 spiro atoms. The maximum absolute atomic E-state index is 3.52. The molecule has 3 heteroatoms. The van der Waals surface area contributed by atoms with Crippen molar-refractivity contribution in [3.8, 4) is 0 Å². The molecule has 14 heavy (non-hydrogen) atoms. The van der Waals surface area contributed by atoms with E-state index in [1.165, 1.54) is 15.6 Å². The van der Waals surface area contributed by atoms with Crippen LogP contribution in [0.25, 0.3) is 0 Å². The second-order valence-electron chi connectivity index (χ2n) is 4.10. The Balaban J connectivity index is 0.000000980. The molecule has 0 fully saturated rings. The van der Waals surface area contributed by atoms with Crippen LogP contribution in [-0.2, 0) is 12.0 Å². The summed E-state index contributed by atoms with van der Waals surface area (Å²) in [7, 11) is 0. The van der Waals surface area contributed by atoms with Crippen LogP contribution in [0, 0.1) is 0 Å². The summed E-state index contributed by atoms with van der Waals surface area (Å²) in [6.07, 6.45) is 1.14. The summed E-state index contributed by atoms with van der Waals surface area (Å²) in [5.41, 5.74) is 3.04. The Morgan fingerprint density at radius 2 is 2.07 bits per heavy atom. The predicted molar refractivity (Wildman–Crippen MR) is 66.1 cm³/mol. The van der Waals surface area contributed by atoms with Gasteiger partial charge in [-0.05, 0) is 50.1 Å². The smallest absolute Gasteiger partial charge is 0.0380 e. The fourth-order valence-corrected chi connectivity index (χ4v) is 2.39. The molecule has 0 saturated carbocycles. The maximum Gasteiger partial charge on any atom is 0.0380 e. The van der Waals surface area contributed by atoms with Crippen molar-refractivity contribution in [2.45, 2.75) is 25.8 Å². The van der Waals surface area contributed by atoms with Crippen LogP contribution >= 0.6 is 28.3 Å². The fraction of sp³-hybridized carbons (Fsp3) is 0.455. The Hall–Kier alpha value is -0.0500. The van der Waals surface area contributed by atoms with Crippen molar-refractivity contribution in [3.63, 3.8) is 0 Å². The van der Waals surface area contributed by atoms with Gasteiger partial charge in [-0.1, -0.05) is 22.0 Å². The van der Waals surface area contributed by atoms with Crippen LogP contribution < -0.4 is 5.32 Å². The molecule has 0 radical (unpaired) electrons. The third-order valence-corrected chi connectivity index (χ3v) is 3.20. The van der Waals surface area contributed by atoms with Gasteiger partial charge >= 0.3 is 0 Å². The first-order valence-corrected chi connectivity index (χ1v) is 5.43. The molecule has 1 aliphatic heterocycles. The molecule has 0 aliphatic carbocycles. The molecule has 78 valence electrons. The van der Waals surface area contributed by atoms with Gasteiger partial charge in [0.15, 0.2) is 0 Å². The molecule has 1 aromatic carbocycles. The number of halogens is 2. The highest BCUT2D eigenvalue weighted by atomic mass is 79.9. The molecule has 0 saturated heterocycles. The number of benzene rings is 1. The van der Waals surface area contributed by atoms with Crippen LogP contribution in [0.2, 0.25) is 0 Å². The Morgan fingerprint density at radius 1 is 1.36 bits per heavy atom. The van der Waals surface area contributed by atoms with Crippen LogP contribution in [-0.4, -0.2) is 6.54 Å². The van der Waals surface area contributed by atoms with Gasteiger partial charge in [-0.2, -0.15) is 0 Å². The Labute approximate surface area is 99.8 Å². The Kier molecular flexibility index (Phi) is 3.62. The van der Waals surface area contributed by atoms with Crippen molar-refractivity contribution in [1.82, 2.24) is 5.32 Å². The molecule has 0 bridgehead atoms. The van der Waals surface area contributed by atoms with E-state index in [0.29, 0.717) is 0 Å². The zero-order valence-electron chi connectivity index (χ0n) is 8.43. The third kappa shape index (κ3) is 2.13. The van der Waals surface area contributed by atoms with E-state index in [0.717, 1.165) is 13.0 Å². The average Bonchev–Trinajstić information content (AvgIpc) is 2.02. The fourth-order valence-electron chi connectivity index (χ4n) is 1.98. The topological polar surface area (TPSA) is 12.0 Å². The lowest BCUT2D eigenvalue weighted by Gasteiger charge is -2.34. The number of fused-ring (bicyclic) bond motifs is 1. The summed E-state index contributed by atoms with van der Waals surface area (Å²) in [4.78, 5) is 0. The van der Waals surface area contributed by atoms with Crippen molar-refractivity contribution < 1.29 is 0 Å². The van der Waals surface area contributed by atoms with Crippen molar-refractivity contribution in [3.05, 3.63) is 33.8 Å². The predicted octanol–water partition coefficient (Wildman–Crippen LogP) is 3.25. The minimum absolute atomic E-state index is 0. The van der Waals surface area contributed by atoms with Gasteiger partial charge in [0.25, 0.3) is 0 Å². The van der Waals surface area contributed by atoms with E-state index >= 15 is 0 Å². The molecule has 0 amide bonds. The van der Waals surface area contributed by atoms with E-state index in [-0.39, 0.29) is 17.9 Å². The van der Waals surface area contributed by atoms with Gasteiger partial charge in [0.1, 0.15) is 0 Å². The molecule has 1 heterocycles. The van der Waals surface area contributed by atoms with E-state index in [4.69, 9.17) is 0 Å². The van der Waals surface area contributed by atoms with Crippen molar-refractivity contribution in [2.75, 3.05) is 6.54 Å². The second kappa shape index (κ2) is 4.21. The van der Waals surface area contributed by atoms with Crippen LogP contribution in [0.3, 0.4) is 0 Å². The number of nitrogens with one attached hydrogen (secondary N) is 1. The lowest BCUT2D eigenvalue weighted by atomic mass is 9.85. The molecule has 1 N–H and O–H groups in total. The second-order valence-corrected chi connectivity index (χ2v) is 5.02. The summed E-state index contributed by atoms with van der Waals surface area (Å²) in [6.45, 7) is 5.55. The van der Waals surface area contributed by atoms with E-state index in [1.807, 2.05) is 0 Å². The van der Waals surface area contributed by atoms with Gasteiger partial charge in [-0.25, -0.2) is 0 Å². The molecule has 0 atom stereocenters. The zero-order valence-corrected chi connectivity index (χ0v) is 10.8. The molecule has 0 unspecified atom stereocenters. The molecule has 2 rings (SSSR count). The molecule has 1 aromatic rings. The van der Waals surface area contributed by atoms with E-state index in [1.54, 1.807) is 0 Å². The van der Waals surface area contributed by atoms with Crippen LogP contribution in [0.15, 0.2) is 22.7 Å². The van der Waals surface area contributed by atoms with Crippen molar-refractivity contribution in [1.29, 1.82) is 0 Å². The Morgan fingerprint density at radius 3 is 2.79 bits per heavy atom. The molecular weight excluding hydrogens is 261 g/mol. The lowest BCUT2D eigenvalue weighted by molar-refractivity contribution is 0.382. The number of hydrogen-bond donors (Lipinski definition) is 1. The SMILES string of the molecule is CC1(C)NCCc2cc(Br)ccc21.Cl. The maximum atomic E-state index is 3.52. The Bertz CT molecular complexity index is 336. The van der Waals surface area contributed by atoms with E-state index in [2.05, 4.69) is 53.3 Å². The normalized spacial score (nSPS) is 18.2. The van der Waals surface area contributed by atoms with Crippen molar-refractivity contribution >= 4 is 28.3 Å². The quantitative estimate of drug-likeness (QED) is 0.767. The molecule has 0 aromatic heterocycles. The van der Waals surface area contributed by atoms with E-state index in [9.17, 15) is 0 Å². The summed E-state index contributed by atoms with van der Waals surface area (Å²) < 4.78 is 1.18. The monoisotopic (exact) mass is 275 g/mol. The van der Waals surface area contributed by atoms with Crippen LogP contribution in [0.1, 0.15) is 25.0 Å². The van der Waals surface area contributed by atoms with Crippen LogP contribution in [0.5, 0.6) is 0 Å². The minimum Gasteiger partial charge on any atom is -0.307 e. The highest BCUT2D eigenvalue weighted by Gasteiger charge is 2.26. The molecular formula is C11H15BrClN. The first-order chi connectivity index (χ1) is 6.09. The first-order valence-electron chi connectivity index (χ1n) is 4.63. The lowest BCUT2D eigenvalue weighted by Crippen LogP contribution is -2.42. The standard InChI is InChI=1S/C11H14BrN.ClH/c1-11(2)10-4-3-9(12)7-8(10)5-6-13-11;/h3-4,7,13H,5-6H2,1-2H3;1H. The largest absolute Gasteiger partial charge is 0.307 e. The van der Waals surface area contributed by atoms with E-state index < -0.39 is 0 Å². The number of rotatable bonds is 0. The number of hydrogen-bond acceptors (Lipinski definition) is 1. The zero-order chi connectivity index (χ0) is 9.47. The summed E-state index contributed by atoms with van der Waals surface area (Å²) in [6, 6.07) is 6.57. The van der Waals surface area contributed by atoms with Gasteiger partial charge in [0.05, 0.1) is 0 Å². The summed E-state index contributed by atoms with van der Waals surface area (Å²) in [5.74, 6) is 0. The minimum atomic E-state index is 0.